The molecule has 3 unspecified atom stereocenters. The van der Waals surface area contributed by atoms with Crippen LogP contribution in [0.4, 0.5) is 4.79 Å². The first-order valence-corrected chi connectivity index (χ1v) is 4.92. The van der Waals surface area contributed by atoms with E-state index in [1.54, 1.807) is 0 Å². The summed E-state index contributed by atoms with van der Waals surface area (Å²) in [6, 6.07) is 0. The largest absolute Gasteiger partial charge is 0.481 e. The van der Waals surface area contributed by atoms with E-state index in [9.17, 15) is 9.59 Å². The molecule has 2 aliphatic rings. The molecular formula is C9H14N2O4. The Hall–Kier alpha value is -1.30. The van der Waals surface area contributed by atoms with Gasteiger partial charge in [0.15, 0.2) is 0 Å². The number of aliphatic carboxylic acids is 1. The summed E-state index contributed by atoms with van der Waals surface area (Å²) in [6.45, 7) is 0. The molecule has 6 heteroatoms. The fraction of sp³-hybridized carbons (Fsp3) is 0.778. The number of carboxylic acids is 1. The van der Waals surface area contributed by atoms with E-state index in [1.807, 2.05) is 0 Å². The van der Waals surface area contributed by atoms with Crippen LogP contribution in [-0.4, -0.2) is 36.0 Å². The summed E-state index contributed by atoms with van der Waals surface area (Å²) in [5.41, 5.74) is -0.197. The zero-order chi connectivity index (χ0) is 11.1. The zero-order valence-electron chi connectivity index (χ0n) is 8.45. The van der Waals surface area contributed by atoms with Crippen molar-refractivity contribution < 1.29 is 19.4 Å². The molecule has 6 nitrogen and oxygen atoms in total. The summed E-state index contributed by atoms with van der Waals surface area (Å²) in [6.07, 6.45) is 1.43. The molecule has 1 saturated heterocycles. The number of methoxy groups -OCH3 is 1. The van der Waals surface area contributed by atoms with E-state index >= 15 is 0 Å². The monoisotopic (exact) mass is 214 g/mol. The van der Waals surface area contributed by atoms with Crippen LogP contribution in [0.1, 0.15) is 19.3 Å². The number of nitrogens with one attached hydrogen (secondary N) is 2. The van der Waals surface area contributed by atoms with E-state index in [0.717, 1.165) is 6.42 Å². The summed E-state index contributed by atoms with van der Waals surface area (Å²) in [7, 11) is 1.30. The van der Waals surface area contributed by atoms with Gasteiger partial charge in [-0.3, -0.25) is 10.1 Å². The molecule has 1 saturated carbocycles. The van der Waals surface area contributed by atoms with Crippen molar-refractivity contribution in [3.63, 3.8) is 0 Å². The summed E-state index contributed by atoms with van der Waals surface area (Å²) in [4.78, 5) is 21.7. The Labute approximate surface area is 87.0 Å². The number of ether oxygens (including phenoxy) is 1. The minimum Gasteiger partial charge on any atom is -0.481 e. The molecular weight excluding hydrogens is 200 g/mol. The van der Waals surface area contributed by atoms with Gasteiger partial charge in [0.1, 0.15) is 6.17 Å². The molecule has 0 aromatic carbocycles. The normalized spacial score (nSPS) is 37.7. The standard InChI is InChI=1S/C9H14N2O4/c1-15-8(14)10-7-9(11-7)3-2-5(4-9)6(12)13/h5,7,11H,2-4H2,1H3,(H,10,14)(H,12,13). The number of alkyl carbamates (subject to hydrolysis) is 1. The van der Waals surface area contributed by atoms with E-state index in [0.29, 0.717) is 12.8 Å². The van der Waals surface area contributed by atoms with Gasteiger partial charge >= 0.3 is 12.1 Å². The highest BCUT2D eigenvalue weighted by Gasteiger charge is 2.59. The van der Waals surface area contributed by atoms with Gasteiger partial charge in [0.05, 0.1) is 18.6 Å². The van der Waals surface area contributed by atoms with Crippen LogP contribution in [0.5, 0.6) is 0 Å². The third-order valence-electron chi connectivity index (χ3n) is 3.25. The molecule has 2 fully saturated rings. The predicted octanol–water partition coefficient (Wildman–Crippen LogP) is -0.105. The fourth-order valence-corrected chi connectivity index (χ4v) is 2.28. The van der Waals surface area contributed by atoms with Crippen LogP contribution in [0.25, 0.3) is 0 Å². The molecule has 0 aromatic heterocycles. The smallest absolute Gasteiger partial charge is 0.408 e. The van der Waals surface area contributed by atoms with Crippen molar-refractivity contribution in [2.75, 3.05) is 7.11 Å². The maximum atomic E-state index is 10.9. The van der Waals surface area contributed by atoms with Gasteiger partial charge in [-0.25, -0.2) is 4.79 Å². The lowest BCUT2D eigenvalue weighted by molar-refractivity contribution is -0.141. The predicted molar refractivity (Wildman–Crippen MR) is 50.2 cm³/mol. The van der Waals surface area contributed by atoms with Crippen molar-refractivity contribution in [1.29, 1.82) is 0 Å². The second-order valence-electron chi connectivity index (χ2n) is 4.15. The van der Waals surface area contributed by atoms with Crippen molar-refractivity contribution in [3.05, 3.63) is 0 Å². The zero-order valence-corrected chi connectivity index (χ0v) is 8.45. The topological polar surface area (TPSA) is 97.6 Å². The SMILES string of the molecule is COC(=O)NC1NC12CCC(C(=O)O)C2. The van der Waals surface area contributed by atoms with E-state index in [2.05, 4.69) is 15.4 Å². The minimum atomic E-state index is -0.752. The molecule has 3 N–H and O–H groups in total. The molecule has 1 aliphatic carbocycles. The van der Waals surface area contributed by atoms with Crippen LogP contribution in [0.2, 0.25) is 0 Å². The number of hydrogen-bond acceptors (Lipinski definition) is 4. The summed E-state index contributed by atoms with van der Waals surface area (Å²) < 4.78 is 4.47. The van der Waals surface area contributed by atoms with Crippen LogP contribution in [0.15, 0.2) is 0 Å². The minimum absolute atomic E-state index is 0.130. The van der Waals surface area contributed by atoms with Crippen LogP contribution in [0, 0.1) is 5.92 Å². The second-order valence-corrected chi connectivity index (χ2v) is 4.15. The molecule has 1 amide bonds. The molecule has 0 aromatic rings. The number of carboxylic acid groups (broad SMARTS) is 1. The second kappa shape index (κ2) is 3.37. The molecule has 84 valence electrons. The summed E-state index contributed by atoms with van der Waals surface area (Å²) >= 11 is 0. The lowest BCUT2D eigenvalue weighted by atomic mass is 10.0. The molecule has 2 rings (SSSR count). The lowest BCUT2D eigenvalue weighted by Gasteiger charge is -2.06. The molecule has 1 heterocycles. The highest BCUT2D eigenvalue weighted by atomic mass is 16.5. The third-order valence-corrected chi connectivity index (χ3v) is 3.25. The van der Waals surface area contributed by atoms with Gasteiger partial charge in [-0.2, -0.15) is 0 Å². The van der Waals surface area contributed by atoms with Crippen molar-refractivity contribution in [3.8, 4) is 0 Å². The molecule has 1 spiro atoms. The molecule has 1 aliphatic heterocycles. The maximum absolute atomic E-state index is 10.9. The summed E-state index contributed by atoms with van der Waals surface area (Å²) in [5.74, 6) is -1.04. The average molecular weight is 214 g/mol. The van der Waals surface area contributed by atoms with E-state index in [1.165, 1.54) is 7.11 Å². The Morgan fingerprint density at radius 2 is 2.33 bits per heavy atom. The van der Waals surface area contributed by atoms with Crippen molar-refractivity contribution in [1.82, 2.24) is 10.6 Å². The quantitative estimate of drug-likeness (QED) is 0.557. The highest BCUT2D eigenvalue weighted by Crippen LogP contribution is 2.44. The molecule has 0 bridgehead atoms. The van der Waals surface area contributed by atoms with Crippen LogP contribution in [-0.2, 0) is 9.53 Å². The Morgan fingerprint density at radius 1 is 1.60 bits per heavy atom. The number of amides is 1. The first-order valence-electron chi connectivity index (χ1n) is 4.92. The molecule has 3 atom stereocenters. The Bertz CT molecular complexity index is 306. The first-order chi connectivity index (χ1) is 7.07. The first kappa shape index (κ1) is 10.2. The van der Waals surface area contributed by atoms with E-state index in [-0.39, 0.29) is 17.6 Å². The number of hydrogen-bond donors (Lipinski definition) is 3. The van der Waals surface area contributed by atoms with Gasteiger partial charge in [0.25, 0.3) is 0 Å². The number of rotatable bonds is 2. The third kappa shape index (κ3) is 1.77. The van der Waals surface area contributed by atoms with Gasteiger partial charge in [-0.15, -0.1) is 0 Å². The van der Waals surface area contributed by atoms with Crippen molar-refractivity contribution >= 4 is 12.1 Å². The van der Waals surface area contributed by atoms with Gasteiger partial charge in [-0.1, -0.05) is 0 Å². The van der Waals surface area contributed by atoms with Crippen molar-refractivity contribution in [2.45, 2.75) is 31.0 Å². The Morgan fingerprint density at radius 3 is 2.87 bits per heavy atom. The number of carbonyl (C=O) groups is 2. The Balaban J connectivity index is 1.87. The van der Waals surface area contributed by atoms with Gasteiger partial charge in [-0.05, 0) is 19.3 Å². The molecule has 15 heavy (non-hydrogen) atoms. The van der Waals surface area contributed by atoms with E-state index < -0.39 is 12.1 Å². The van der Waals surface area contributed by atoms with Gasteiger partial charge in [0, 0.05) is 0 Å². The van der Waals surface area contributed by atoms with Gasteiger partial charge in [0.2, 0.25) is 0 Å². The molecule has 0 radical (unpaired) electrons. The lowest BCUT2D eigenvalue weighted by Crippen LogP contribution is -2.31. The van der Waals surface area contributed by atoms with Gasteiger partial charge < -0.3 is 15.2 Å². The number of carbonyl (C=O) groups excluding carboxylic acids is 1. The van der Waals surface area contributed by atoms with Crippen LogP contribution < -0.4 is 10.6 Å². The van der Waals surface area contributed by atoms with Crippen LogP contribution in [0.3, 0.4) is 0 Å². The summed E-state index contributed by atoms with van der Waals surface area (Å²) in [5, 5.41) is 14.6. The average Bonchev–Trinajstić information content (AvgIpc) is 2.65. The highest BCUT2D eigenvalue weighted by molar-refractivity contribution is 5.71. The fourth-order valence-electron chi connectivity index (χ4n) is 2.28. The maximum Gasteiger partial charge on any atom is 0.408 e. The van der Waals surface area contributed by atoms with Crippen molar-refractivity contribution in [2.24, 2.45) is 5.92 Å². The van der Waals surface area contributed by atoms with E-state index in [4.69, 9.17) is 5.11 Å². The Kier molecular flexibility index (Phi) is 2.30. The van der Waals surface area contributed by atoms with Crippen LogP contribution >= 0.6 is 0 Å².